The highest BCUT2D eigenvalue weighted by Gasteiger charge is 2.09. The molecule has 1 unspecified atom stereocenters. The fourth-order valence-corrected chi connectivity index (χ4v) is 2.62. The maximum absolute atomic E-state index is 4.31. The van der Waals surface area contributed by atoms with E-state index in [0.29, 0.717) is 6.04 Å². The van der Waals surface area contributed by atoms with Crippen LogP contribution in [0.1, 0.15) is 29.2 Å². The van der Waals surface area contributed by atoms with Crippen LogP contribution in [0.5, 0.6) is 0 Å². The van der Waals surface area contributed by atoms with Crippen molar-refractivity contribution in [1.29, 1.82) is 0 Å². The van der Waals surface area contributed by atoms with Gasteiger partial charge in [0.05, 0.1) is 11.2 Å². The molecule has 0 bridgehead atoms. The average molecular weight is 247 g/mol. The van der Waals surface area contributed by atoms with Gasteiger partial charge >= 0.3 is 0 Å². The minimum atomic E-state index is 0.367. The Labute approximate surface area is 106 Å². The summed E-state index contributed by atoms with van der Waals surface area (Å²) in [6.07, 6.45) is 2.80. The summed E-state index contributed by atoms with van der Waals surface area (Å²) in [6.45, 7) is 5.18. The number of hydrogen-bond donors (Lipinski definition) is 1. The fourth-order valence-electron chi connectivity index (χ4n) is 1.78. The number of nitrogens with one attached hydrogen (secondary N) is 1. The highest BCUT2D eigenvalue weighted by molar-refractivity contribution is 7.09. The number of rotatable bonds is 5. The Kier molecular flexibility index (Phi) is 4.23. The van der Waals surface area contributed by atoms with E-state index in [-0.39, 0.29) is 0 Å². The van der Waals surface area contributed by atoms with Crippen molar-refractivity contribution in [2.45, 2.75) is 26.3 Å². The van der Waals surface area contributed by atoms with Crippen molar-refractivity contribution in [3.8, 4) is 0 Å². The van der Waals surface area contributed by atoms with E-state index in [4.69, 9.17) is 0 Å². The van der Waals surface area contributed by atoms with Gasteiger partial charge in [-0.3, -0.25) is 4.98 Å². The van der Waals surface area contributed by atoms with Gasteiger partial charge in [-0.2, -0.15) is 0 Å². The summed E-state index contributed by atoms with van der Waals surface area (Å²) < 4.78 is 0. The molecule has 1 N–H and O–H groups in total. The zero-order valence-electron chi connectivity index (χ0n) is 10.2. The number of pyridine rings is 1. The van der Waals surface area contributed by atoms with Gasteiger partial charge in [0.1, 0.15) is 0 Å². The van der Waals surface area contributed by atoms with Crippen LogP contribution in [0.4, 0.5) is 0 Å². The molecule has 0 saturated carbocycles. The van der Waals surface area contributed by atoms with Crippen LogP contribution < -0.4 is 5.32 Å². The third-order valence-corrected chi connectivity index (χ3v) is 3.85. The summed E-state index contributed by atoms with van der Waals surface area (Å²) >= 11 is 1.71. The SMILES string of the molecule is Cc1ncsc1C(C)NCCc1ccccn1. The molecule has 3 nitrogen and oxygen atoms in total. The summed E-state index contributed by atoms with van der Waals surface area (Å²) in [4.78, 5) is 9.90. The van der Waals surface area contributed by atoms with Crippen molar-refractivity contribution in [1.82, 2.24) is 15.3 Å². The van der Waals surface area contributed by atoms with Crippen molar-refractivity contribution in [3.05, 3.63) is 46.2 Å². The number of nitrogens with zero attached hydrogens (tertiary/aromatic N) is 2. The molecule has 1 atom stereocenters. The lowest BCUT2D eigenvalue weighted by Crippen LogP contribution is -2.21. The molecular weight excluding hydrogens is 230 g/mol. The zero-order valence-corrected chi connectivity index (χ0v) is 11.0. The lowest BCUT2D eigenvalue weighted by Gasteiger charge is -2.12. The largest absolute Gasteiger partial charge is 0.309 e. The van der Waals surface area contributed by atoms with Crippen molar-refractivity contribution in [3.63, 3.8) is 0 Å². The summed E-state index contributed by atoms with van der Waals surface area (Å²) in [5.74, 6) is 0. The van der Waals surface area contributed by atoms with Gasteiger partial charge in [-0.05, 0) is 26.0 Å². The van der Waals surface area contributed by atoms with Gasteiger partial charge in [0.15, 0.2) is 0 Å². The van der Waals surface area contributed by atoms with Gasteiger partial charge in [-0.15, -0.1) is 11.3 Å². The second-order valence-corrected chi connectivity index (χ2v) is 4.94. The Morgan fingerprint density at radius 1 is 1.35 bits per heavy atom. The average Bonchev–Trinajstić information content (AvgIpc) is 2.77. The predicted octanol–water partition coefficient (Wildman–Crippen LogP) is 2.74. The molecule has 0 aromatic carbocycles. The third kappa shape index (κ3) is 3.35. The number of hydrogen-bond acceptors (Lipinski definition) is 4. The summed E-state index contributed by atoms with van der Waals surface area (Å²) in [5, 5.41) is 3.50. The normalized spacial score (nSPS) is 12.6. The van der Waals surface area contributed by atoms with Crippen molar-refractivity contribution in [2.24, 2.45) is 0 Å². The molecule has 0 saturated heterocycles. The quantitative estimate of drug-likeness (QED) is 0.883. The maximum Gasteiger partial charge on any atom is 0.0798 e. The van der Waals surface area contributed by atoms with Gasteiger partial charge in [-0.25, -0.2) is 4.98 Å². The Morgan fingerprint density at radius 2 is 2.24 bits per heavy atom. The second-order valence-electron chi connectivity index (χ2n) is 4.05. The third-order valence-electron chi connectivity index (χ3n) is 2.73. The monoisotopic (exact) mass is 247 g/mol. The Bertz CT molecular complexity index is 453. The first kappa shape index (κ1) is 12.2. The van der Waals surface area contributed by atoms with Crippen LogP contribution in [-0.2, 0) is 6.42 Å². The van der Waals surface area contributed by atoms with Crippen LogP contribution >= 0.6 is 11.3 Å². The topological polar surface area (TPSA) is 37.8 Å². The van der Waals surface area contributed by atoms with Crippen LogP contribution in [0.25, 0.3) is 0 Å². The summed E-state index contributed by atoms with van der Waals surface area (Å²) in [5.41, 5.74) is 4.17. The zero-order chi connectivity index (χ0) is 12.1. The molecule has 0 aliphatic heterocycles. The lowest BCUT2D eigenvalue weighted by atomic mass is 10.2. The van der Waals surface area contributed by atoms with Gasteiger partial charge in [0.25, 0.3) is 0 Å². The van der Waals surface area contributed by atoms with Crippen LogP contribution in [0.3, 0.4) is 0 Å². The van der Waals surface area contributed by atoms with Crippen molar-refractivity contribution in [2.75, 3.05) is 6.54 Å². The molecule has 4 heteroatoms. The van der Waals surface area contributed by atoms with E-state index in [1.165, 1.54) is 4.88 Å². The minimum Gasteiger partial charge on any atom is -0.309 e. The molecule has 2 aromatic heterocycles. The fraction of sp³-hybridized carbons (Fsp3) is 0.385. The van der Waals surface area contributed by atoms with Crippen molar-refractivity contribution >= 4 is 11.3 Å². The van der Waals surface area contributed by atoms with E-state index in [1.807, 2.05) is 23.8 Å². The lowest BCUT2D eigenvalue weighted by molar-refractivity contribution is 0.578. The first-order chi connectivity index (χ1) is 8.27. The highest BCUT2D eigenvalue weighted by atomic mass is 32.1. The highest BCUT2D eigenvalue weighted by Crippen LogP contribution is 2.20. The summed E-state index contributed by atoms with van der Waals surface area (Å²) in [6, 6.07) is 6.40. The molecule has 0 spiro atoms. The van der Waals surface area contributed by atoms with Gasteiger partial charge in [0, 0.05) is 35.8 Å². The Hall–Kier alpha value is -1.26. The summed E-state index contributed by atoms with van der Waals surface area (Å²) in [7, 11) is 0. The van der Waals surface area contributed by atoms with Crippen molar-refractivity contribution < 1.29 is 0 Å². The predicted molar refractivity (Wildman–Crippen MR) is 71.2 cm³/mol. The van der Waals surface area contributed by atoms with Crippen LogP contribution in [-0.4, -0.2) is 16.5 Å². The maximum atomic E-state index is 4.31. The molecule has 0 aliphatic carbocycles. The molecule has 2 rings (SSSR count). The molecule has 0 amide bonds. The van der Waals surface area contributed by atoms with Crippen LogP contribution in [0.15, 0.2) is 29.9 Å². The first-order valence-corrected chi connectivity index (χ1v) is 6.68. The molecule has 0 radical (unpaired) electrons. The molecule has 2 heterocycles. The minimum absolute atomic E-state index is 0.367. The second kappa shape index (κ2) is 5.89. The Balaban J connectivity index is 1.81. The van der Waals surface area contributed by atoms with E-state index >= 15 is 0 Å². The number of thiazole rings is 1. The molecule has 2 aromatic rings. The molecular formula is C13H17N3S. The van der Waals surface area contributed by atoms with E-state index in [2.05, 4.69) is 35.2 Å². The van der Waals surface area contributed by atoms with Gasteiger partial charge in [0.2, 0.25) is 0 Å². The molecule has 17 heavy (non-hydrogen) atoms. The van der Waals surface area contributed by atoms with E-state index in [0.717, 1.165) is 24.4 Å². The van der Waals surface area contributed by atoms with E-state index in [1.54, 1.807) is 11.3 Å². The van der Waals surface area contributed by atoms with Crippen LogP contribution in [0.2, 0.25) is 0 Å². The molecule has 0 fully saturated rings. The van der Waals surface area contributed by atoms with E-state index < -0.39 is 0 Å². The number of aromatic nitrogens is 2. The standard InChI is InChI=1S/C13H17N3S/c1-10(13-11(2)16-9-17-13)14-8-6-12-5-3-4-7-15-12/h3-5,7,9-10,14H,6,8H2,1-2H3. The smallest absolute Gasteiger partial charge is 0.0798 e. The van der Waals surface area contributed by atoms with E-state index in [9.17, 15) is 0 Å². The van der Waals surface area contributed by atoms with Crippen LogP contribution in [0, 0.1) is 6.92 Å². The van der Waals surface area contributed by atoms with Gasteiger partial charge < -0.3 is 5.32 Å². The molecule has 90 valence electrons. The first-order valence-electron chi connectivity index (χ1n) is 5.80. The van der Waals surface area contributed by atoms with Gasteiger partial charge in [-0.1, -0.05) is 6.07 Å². The Morgan fingerprint density at radius 3 is 2.88 bits per heavy atom. The molecule has 0 aliphatic rings. The number of aryl methyl sites for hydroxylation is 1.